The van der Waals surface area contributed by atoms with Crippen molar-refractivity contribution in [3.63, 3.8) is 0 Å². The van der Waals surface area contributed by atoms with Crippen LogP contribution in [0.15, 0.2) is 0 Å². The van der Waals surface area contributed by atoms with E-state index < -0.39 is 0 Å². The minimum atomic E-state index is 0.102. The van der Waals surface area contributed by atoms with Gasteiger partial charge in [-0.2, -0.15) is 0 Å². The van der Waals surface area contributed by atoms with Crippen LogP contribution in [0.25, 0.3) is 0 Å². The molecule has 0 radical (unpaired) electrons. The number of nitrogens with one attached hydrogen (secondary N) is 2. The Kier molecular flexibility index (Phi) is 13.2. The van der Waals surface area contributed by atoms with Crippen molar-refractivity contribution in [1.29, 1.82) is 5.41 Å². The number of nitrogens with two attached hydrogens (primary N) is 1. The quantitative estimate of drug-likeness (QED) is 0.263. The van der Waals surface area contributed by atoms with E-state index in [1.807, 2.05) is 0 Å². The molecule has 3 nitrogen and oxygen atoms in total. The Morgan fingerprint density at radius 2 is 1.42 bits per heavy atom. The molecule has 0 spiro atoms. The van der Waals surface area contributed by atoms with Crippen LogP contribution in [0.5, 0.6) is 0 Å². The summed E-state index contributed by atoms with van der Waals surface area (Å²) in [7, 11) is 0. The first-order chi connectivity index (χ1) is 9.20. The Bertz CT molecular complexity index is 204. The second-order valence-electron chi connectivity index (χ2n) is 5.69. The fraction of sp³-hybridized carbons (Fsp3) is 0.938. The molecule has 0 amide bonds. The standard InChI is InChI=1S/C16H35N3/c1-3-5-7-9-12-15(11-8-6-4-2)13-10-14-19-16(17)18/h15H,3-14H2,1-2H3,(H4,17,18,19)/t15-/m1/s1. The monoisotopic (exact) mass is 269 g/mol. The number of hydrogen-bond acceptors (Lipinski definition) is 1. The first-order valence-corrected chi connectivity index (χ1v) is 8.28. The van der Waals surface area contributed by atoms with E-state index >= 15 is 0 Å². The molecule has 0 aromatic heterocycles. The van der Waals surface area contributed by atoms with Crippen molar-refractivity contribution in [2.45, 2.75) is 84.5 Å². The van der Waals surface area contributed by atoms with E-state index in [1.165, 1.54) is 64.2 Å². The fourth-order valence-electron chi connectivity index (χ4n) is 2.59. The van der Waals surface area contributed by atoms with Crippen LogP contribution < -0.4 is 11.1 Å². The molecule has 114 valence electrons. The van der Waals surface area contributed by atoms with E-state index in [2.05, 4.69) is 19.2 Å². The van der Waals surface area contributed by atoms with Gasteiger partial charge in [-0.3, -0.25) is 5.41 Å². The lowest BCUT2D eigenvalue weighted by molar-refractivity contribution is 0.375. The topological polar surface area (TPSA) is 61.9 Å². The second kappa shape index (κ2) is 13.7. The molecule has 3 heteroatoms. The Morgan fingerprint density at radius 3 is 2.00 bits per heavy atom. The van der Waals surface area contributed by atoms with Crippen LogP contribution in [0.2, 0.25) is 0 Å². The second-order valence-corrected chi connectivity index (χ2v) is 5.69. The molecule has 0 saturated carbocycles. The van der Waals surface area contributed by atoms with Gasteiger partial charge in [-0.25, -0.2) is 0 Å². The zero-order valence-electron chi connectivity index (χ0n) is 13.1. The highest BCUT2D eigenvalue weighted by Gasteiger charge is 2.08. The van der Waals surface area contributed by atoms with Crippen molar-refractivity contribution in [3.8, 4) is 0 Å². The number of rotatable bonds is 13. The molecular formula is C16H35N3. The lowest BCUT2D eigenvalue weighted by Crippen LogP contribution is -2.31. The van der Waals surface area contributed by atoms with Crippen molar-refractivity contribution in [3.05, 3.63) is 0 Å². The van der Waals surface area contributed by atoms with Gasteiger partial charge >= 0.3 is 0 Å². The Balaban J connectivity index is 3.72. The van der Waals surface area contributed by atoms with Gasteiger partial charge in [0.1, 0.15) is 0 Å². The summed E-state index contributed by atoms with van der Waals surface area (Å²) in [5.41, 5.74) is 5.29. The molecule has 0 fully saturated rings. The number of unbranched alkanes of at least 4 members (excludes halogenated alkanes) is 5. The van der Waals surface area contributed by atoms with Crippen molar-refractivity contribution in [2.24, 2.45) is 11.7 Å². The molecule has 4 N–H and O–H groups in total. The predicted octanol–water partition coefficient (Wildman–Crippen LogP) is 4.42. The highest BCUT2D eigenvalue weighted by atomic mass is 15.0. The molecular weight excluding hydrogens is 234 g/mol. The maximum absolute atomic E-state index is 7.14. The molecule has 0 rings (SSSR count). The molecule has 19 heavy (non-hydrogen) atoms. The molecule has 1 atom stereocenters. The van der Waals surface area contributed by atoms with Crippen LogP contribution in [-0.2, 0) is 0 Å². The van der Waals surface area contributed by atoms with Gasteiger partial charge in [-0.05, 0) is 18.8 Å². The van der Waals surface area contributed by atoms with Gasteiger partial charge in [0.2, 0.25) is 0 Å². The summed E-state index contributed by atoms with van der Waals surface area (Å²) in [5, 5.41) is 10.0. The summed E-state index contributed by atoms with van der Waals surface area (Å²) >= 11 is 0. The Hall–Kier alpha value is -0.730. The van der Waals surface area contributed by atoms with E-state index in [1.54, 1.807) is 0 Å². The molecule has 0 saturated heterocycles. The molecule has 0 bridgehead atoms. The third-order valence-corrected chi connectivity index (χ3v) is 3.79. The average Bonchev–Trinajstić information content (AvgIpc) is 2.38. The highest BCUT2D eigenvalue weighted by molar-refractivity contribution is 5.74. The Labute approximate surface area is 120 Å². The summed E-state index contributed by atoms with van der Waals surface area (Å²) < 4.78 is 0. The smallest absolute Gasteiger partial charge is 0.185 e. The van der Waals surface area contributed by atoms with Crippen LogP contribution in [-0.4, -0.2) is 12.5 Å². The zero-order chi connectivity index (χ0) is 14.3. The maximum Gasteiger partial charge on any atom is 0.185 e. The van der Waals surface area contributed by atoms with Crippen molar-refractivity contribution < 1.29 is 0 Å². The van der Waals surface area contributed by atoms with Gasteiger partial charge in [0.05, 0.1) is 0 Å². The van der Waals surface area contributed by atoms with Crippen LogP contribution >= 0.6 is 0 Å². The zero-order valence-corrected chi connectivity index (χ0v) is 13.1. The van der Waals surface area contributed by atoms with E-state index in [-0.39, 0.29) is 5.96 Å². The minimum Gasteiger partial charge on any atom is -0.370 e. The highest BCUT2D eigenvalue weighted by Crippen LogP contribution is 2.22. The van der Waals surface area contributed by atoms with Gasteiger partial charge in [0, 0.05) is 6.54 Å². The molecule has 0 unspecified atom stereocenters. The first kappa shape index (κ1) is 18.3. The summed E-state index contributed by atoms with van der Waals surface area (Å²) in [5.74, 6) is 0.989. The number of guanidine groups is 1. The third kappa shape index (κ3) is 13.5. The van der Waals surface area contributed by atoms with E-state index in [0.29, 0.717) is 0 Å². The molecule has 0 aliphatic rings. The fourth-order valence-corrected chi connectivity index (χ4v) is 2.59. The Morgan fingerprint density at radius 1 is 0.895 bits per heavy atom. The number of hydrogen-bond donors (Lipinski definition) is 3. The summed E-state index contributed by atoms with van der Waals surface area (Å²) in [6, 6.07) is 0. The van der Waals surface area contributed by atoms with Gasteiger partial charge < -0.3 is 11.1 Å². The summed E-state index contributed by atoms with van der Waals surface area (Å²) in [6.45, 7) is 5.40. The van der Waals surface area contributed by atoms with Crippen molar-refractivity contribution in [2.75, 3.05) is 6.54 Å². The lowest BCUT2D eigenvalue weighted by Gasteiger charge is -2.17. The predicted molar refractivity (Wildman–Crippen MR) is 85.5 cm³/mol. The van der Waals surface area contributed by atoms with Crippen LogP contribution in [0.1, 0.15) is 84.5 Å². The molecule has 0 aliphatic heterocycles. The summed E-state index contributed by atoms with van der Waals surface area (Å²) in [4.78, 5) is 0. The first-order valence-electron chi connectivity index (χ1n) is 8.28. The normalized spacial score (nSPS) is 12.3. The van der Waals surface area contributed by atoms with Gasteiger partial charge in [0.15, 0.2) is 5.96 Å². The van der Waals surface area contributed by atoms with Gasteiger partial charge in [-0.1, -0.05) is 71.6 Å². The SMILES string of the molecule is CCCCCC[C@@H](CCCCC)CCCNC(=N)N. The van der Waals surface area contributed by atoms with Crippen LogP contribution in [0, 0.1) is 11.3 Å². The van der Waals surface area contributed by atoms with E-state index in [9.17, 15) is 0 Å². The van der Waals surface area contributed by atoms with Crippen LogP contribution in [0.3, 0.4) is 0 Å². The van der Waals surface area contributed by atoms with Gasteiger partial charge in [-0.15, -0.1) is 0 Å². The molecule has 0 aliphatic carbocycles. The van der Waals surface area contributed by atoms with Crippen molar-refractivity contribution in [1.82, 2.24) is 5.32 Å². The lowest BCUT2D eigenvalue weighted by atomic mass is 9.91. The minimum absolute atomic E-state index is 0.102. The van der Waals surface area contributed by atoms with E-state index in [0.717, 1.165) is 18.9 Å². The molecule has 0 aromatic carbocycles. The van der Waals surface area contributed by atoms with Crippen LogP contribution in [0.4, 0.5) is 0 Å². The molecule has 0 heterocycles. The van der Waals surface area contributed by atoms with Gasteiger partial charge in [0.25, 0.3) is 0 Å². The average molecular weight is 269 g/mol. The third-order valence-electron chi connectivity index (χ3n) is 3.79. The maximum atomic E-state index is 7.14. The summed E-state index contributed by atoms with van der Waals surface area (Å²) in [6.07, 6.45) is 14.8. The van der Waals surface area contributed by atoms with E-state index in [4.69, 9.17) is 11.1 Å². The van der Waals surface area contributed by atoms with Crippen molar-refractivity contribution >= 4 is 5.96 Å². The molecule has 0 aromatic rings. The largest absolute Gasteiger partial charge is 0.370 e.